The summed E-state index contributed by atoms with van der Waals surface area (Å²) in [6.45, 7) is 2.45. The number of rotatable bonds is 4. The molecule has 1 aromatic heterocycles. The topological polar surface area (TPSA) is 83.1 Å². The fourth-order valence-electron chi connectivity index (χ4n) is 3.03. The molecule has 6 heteroatoms. The van der Waals surface area contributed by atoms with Crippen molar-refractivity contribution in [3.8, 4) is 5.75 Å². The molecular formula is C19H18N3O3+. The van der Waals surface area contributed by atoms with Crippen LogP contribution in [0.1, 0.15) is 24.4 Å². The van der Waals surface area contributed by atoms with Gasteiger partial charge in [0.2, 0.25) is 6.04 Å². The normalized spacial score (nSPS) is 20.0. The van der Waals surface area contributed by atoms with Crippen LogP contribution in [-0.2, 0) is 9.59 Å². The van der Waals surface area contributed by atoms with E-state index in [1.807, 2.05) is 37.3 Å². The van der Waals surface area contributed by atoms with Gasteiger partial charge in [0.25, 0.3) is 11.8 Å². The predicted molar refractivity (Wildman–Crippen MR) is 90.4 cm³/mol. The van der Waals surface area contributed by atoms with Crippen LogP contribution in [0.25, 0.3) is 0 Å². The second-order valence-electron chi connectivity index (χ2n) is 5.60. The van der Waals surface area contributed by atoms with Crippen LogP contribution in [0, 0.1) is 5.41 Å². The van der Waals surface area contributed by atoms with Crippen LogP contribution in [0.2, 0.25) is 0 Å². The second-order valence-corrected chi connectivity index (χ2v) is 5.60. The van der Waals surface area contributed by atoms with Crippen LogP contribution >= 0.6 is 0 Å². The molecule has 0 bridgehead atoms. The summed E-state index contributed by atoms with van der Waals surface area (Å²) in [5.41, 5.74) is 0.882. The number of ether oxygens (including phenoxy) is 1. The molecule has 0 aliphatic carbocycles. The number of benzene rings is 1. The number of carbonyl (C=O) groups is 2. The average Bonchev–Trinajstić information content (AvgIpc) is 2.63. The van der Waals surface area contributed by atoms with Crippen molar-refractivity contribution in [3.63, 3.8) is 0 Å². The summed E-state index contributed by atoms with van der Waals surface area (Å²) in [6, 6.07) is 12.0. The maximum Gasteiger partial charge on any atom is 0.296 e. The van der Waals surface area contributed by atoms with E-state index in [1.54, 1.807) is 29.1 Å². The van der Waals surface area contributed by atoms with E-state index in [9.17, 15) is 9.59 Å². The number of imide groups is 1. The summed E-state index contributed by atoms with van der Waals surface area (Å²) < 4.78 is 7.18. The summed E-state index contributed by atoms with van der Waals surface area (Å²) in [4.78, 5) is 24.7. The zero-order valence-electron chi connectivity index (χ0n) is 13.7. The molecule has 0 radical (unpaired) electrons. The summed E-state index contributed by atoms with van der Waals surface area (Å²) in [5.74, 6) is 1.35. The molecule has 2 heterocycles. The Kier molecular flexibility index (Phi) is 4.73. The molecule has 2 atom stereocenters. The quantitative estimate of drug-likeness (QED) is 0.384. The number of carbonyl (C=O) groups excluding carboxylic acids is 2. The highest BCUT2D eigenvalue weighted by Gasteiger charge is 2.47. The van der Waals surface area contributed by atoms with Crippen molar-refractivity contribution in [2.24, 2.45) is 0 Å². The van der Waals surface area contributed by atoms with Crippen LogP contribution < -0.4 is 14.6 Å². The van der Waals surface area contributed by atoms with Gasteiger partial charge >= 0.3 is 0 Å². The smallest absolute Gasteiger partial charge is 0.296 e. The average molecular weight is 336 g/mol. The lowest BCUT2D eigenvalue weighted by molar-refractivity contribution is -0.711. The first-order valence-electron chi connectivity index (χ1n) is 7.99. The Hall–Kier alpha value is -3.24. The van der Waals surface area contributed by atoms with E-state index >= 15 is 0 Å². The molecule has 1 aliphatic rings. The molecule has 2 amide bonds. The van der Waals surface area contributed by atoms with E-state index in [4.69, 9.17) is 10.1 Å². The third-order valence-corrected chi connectivity index (χ3v) is 4.12. The van der Waals surface area contributed by atoms with E-state index in [0.717, 1.165) is 5.56 Å². The first kappa shape index (κ1) is 16.6. The first-order valence-corrected chi connectivity index (χ1v) is 7.99. The molecule has 0 unspecified atom stereocenters. The number of nitrogens with zero attached hydrogens (tertiary/aromatic N) is 1. The number of nitrogens with one attached hydrogen (secondary N) is 2. The molecular weight excluding hydrogens is 318 g/mol. The Morgan fingerprint density at radius 1 is 1.16 bits per heavy atom. The van der Waals surface area contributed by atoms with Crippen molar-refractivity contribution in [2.75, 3.05) is 6.61 Å². The third-order valence-electron chi connectivity index (χ3n) is 4.12. The number of hydrogen-bond acceptors (Lipinski definition) is 4. The third kappa shape index (κ3) is 3.20. The lowest BCUT2D eigenvalue weighted by Crippen LogP contribution is -2.57. The highest BCUT2D eigenvalue weighted by molar-refractivity contribution is 6.13. The number of amides is 2. The number of hydrogen-bond donors (Lipinski definition) is 2. The van der Waals surface area contributed by atoms with Gasteiger partial charge in [-0.15, -0.1) is 0 Å². The monoisotopic (exact) mass is 336 g/mol. The fourth-order valence-corrected chi connectivity index (χ4v) is 3.03. The molecule has 25 heavy (non-hydrogen) atoms. The van der Waals surface area contributed by atoms with Gasteiger partial charge in [-0.05, 0) is 30.5 Å². The largest absolute Gasteiger partial charge is 0.494 e. The van der Waals surface area contributed by atoms with E-state index in [2.05, 4.69) is 11.2 Å². The number of pyridine rings is 1. The van der Waals surface area contributed by atoms with Gasteiger partial charge in [0, 0.05) is 12.1 Å². The first-order chi connectivity index (χ1) is 12.2. The number of piperidine rings is 1. The molecule has 2 N–H and O–H groups in total. The van der Waals surface area contributed by atoms with Crippen molar-refractivity contribution in [2.45, 2.75) is 18.9 Å². The Morgan fingerprint density at radius 2 is 1.84 bits per heavy atom. The van der Waals surface area contributed by atoms with E-state index in [1.165, 1.54) is 0 Å². The minimum atomic E-state index is -0.676. The Bertz CT molecular complexity index is 840. The molecule has 0 saturated carbocycles. The molecule has 1 fully saturated rings. The van der Waals surface area contributed by atoms with Gasteiger partial charge in [-0.25, -0.2) is 0 Å². The van der Waals surface area contributed by atoms with Gasteiger partial charge in [0.15, 0.2) is 12.4 Å². The predicted octanol–water partition coefficient (Wildman–Crippen LogP) is 1.53. The minimum absolute atomic E-state index is 0.130. The van der Waals surface area contributed by atoms with Crippen molar-refractivity contribution in [3.05, 3.63) is 66.0 Å². The van der Waals surface area contributed by atoms with Gasteiger partial charge in [-0.3, -0.25) is 20.3 Å². The lowest BCUT2D eigenvalue weighted by atomic mass is 9.81. The molecule has 3 rings (SSSR count). The van der Waals surface area contributed by atoms with Crippen LogP contribution in [0.3, 0.4) is 0 Å². The Balaban J connectivity index is 2.09. The zero-order chi connectivity index (χ0) is 17.8. The highest BCUT2D eigenvalue weighted by atomic mass is 16.5. The van der Waals surface area contributed by atoms with Crippen LogP contribution in [0.15, 0.2) is 60.4 Å². The van der Waals surface area contributed by atoms with Gasteiger partial charge in [-0.2, -0.15) is 4.57 Å². The molecule has 6 nitrogen and oxygen atoms in total. The fraction of sp³-hybridized carbons (Fsp3) is 0.211. The minimum Gasteiger partial charge on any atom is -0.494 e. The summed E-state index contributed by atoms with van der Waals surface area (Å²) >= 11 is 0. The summed E-state index contributed by atoms with van der Waals surface area (Å²) in [6.07, 6.45) is 3.53. The SMILES string of the molecule is CCOc1ccc([C@@H]2C(=C=N)C(=O)NC(=O)[C@H]2[n+]2ccccc2)cc1. The molecule has 126 valence electrons. The standard InChI is InChI=1S/C19H17N3O3/c1-2-25-14-8-6-13(7-9-14)16-15(12-20)18(23)21-19(24)17(16)22-10-4-3-5-11-22/h3-11,16-17,20H,2H2,1H3/p+1/t16-,17+/m1/s1. The highest BCUT2D eigenvalue weighted by Crippen LogP contribution is 2.35. The lowest BCUT2D eigenvalue weighted by Gasteiger charge is -2.27. The molecule has 1 saturated heterocycles. The zero-order valence-corrected chi connectivity index (χ0v) is 13.7. The maximum absolute atomic E-state index is 12.5. The van der Waals surface area contributed by atoms with E-state index in [-0.39, 0.29) is 5.57 Å². The van der Waals surface area contributed by atoms with Crippen molar-refractivity contribution in [1.29, 1.82) is 5.41 Å². The van der Waals surface area contributed by atoms with Crippen LogP contribution in [0.4, 0.5) is 0 Å². The van der Waals surface area contributed by atoms with Crippen molar-refractivity contribution < 1.29 is 18.9 Å². The summed E-state index contributed by atoms with van der Waals surface area (Å²) in [5, 5.41) is 9.86. The van der Waals surface area contributed by atoms with Gasteiger partial charge in [0.05, 0.1) is 18.1 Å². The van der Waals surface area contributed by atoms with E-state index in [0.29, 0.717) is 12.4 Å². The Morgan fingerprint density at radius 3 is 2.44 bits per heavy atom. The molecule has 1 aliphatic heterocycles. The van der Waals surface area contributed by atoms with Gasteiger partial charge < -0.3 is 4.74 Å². The molecule has 1 aromatic carbocycles. The Labute approximate surface area is 145 Å². The summed E-state index contributed by atoms with van der Waals surface area (Å²) in [7, 11) is 0. The van der Waals surface area contributed by atoms with Crippen molar-refractivity contribution in [1.82, 2.24) is 5.32 Å². The maximum atomic E-state index is 12.5. The molecule has 2 aromatic rings. The molecule has 0 spiro atoms. The van der Waals surface area contributed by atoms with Gasteiger partial charge in [-0.1, -0.05) is 18.2 Å². The van der Waals surface area contributed by atoms with Crippen LogP contribution in [0.5, 0.6) is 5.75 Å². The van der Waals surface area contributed by atoms with Crippen molar-refractivity contribution >= 4 is 17.7 Å². The second kappa shape index (κ2) is 7.11. The number of aromatic nitrogens is 1. The van der Waals surface area contributed by atoms with Gasteiger partial charge in [0.1, 0.15) is 5.75 Å². The van der Waals surface area contributed by atoms with E-state index < -0.39 is 23.8 Å². The van der Waals surface area contributed by atoms with Crippen LogP contribution in [-0.4, -0.2) is 24.3 Å².